The SMILES string of the molecule is COc1cc(CNCC2CCCO2)c(Cl)cc1OCc1ccc(Cl)cc1. The van der Waals surface area contributed by atoms with Gasteiger partial charge in [0.25, 0.3) is 0 Å². The van der Waals surface area contributed by atoms with Crippen LogP contribution in [0, 0.1) is 0 Å². The number of hydrogen-bond donors (Lipinski definition) is 1. The van der Waals surface area contributed by atoms with Gasteiger partial charge in [-0.05, 0) is 42.2 Å². The fraction of sp³-hybridized carbons (Fsp3) is 0.400. The fourth-order valence-corrected chi connectivity index (χ4v) is 3.25. The molecule has 6 heteroatoms. The third-order valence-corrected chi connectivity index (χ3v) is 4.96. The second kappa shape index (κ2) is 9.47. The number of benzene rings is 2. The van der Waals surface area contributed by atoms with Crippen molar-refractivity contribution in [3.05, 3.63) is 57.6 Å². The number of rotatable bonds is 8. The van der Waals surface area contributed by atoms with Crippen molar-refractivity contribution in [1.82, 2.24) is 5.32 Å². The van der Waals surface area contributed by atoms with E-state index in [0.717, 1.165) is 37.1 Å². The first-order chi connectivity index (χ1) is 12.7. The lowest BCUT2D eigenvalue weighted by Gasteiger charge is -2.15. The molecule has 4 nitrogen and oxygen atoms in total. The fourth-order valence-electron chi connectivity index (χ4n) is 2.90. The molecule has 1 aliphatic rings. The zero-order valence-corrected chi connectivity index (χ0v) is 16.3. The van der Waals surface area contributed by atoms with E-state index in [1.165, 1.54) is 0 Å². The number of hydrogen-bond acceptors (Lipinski definition) is 4. The second-order valence-corrected chi connectivity index (χ2v) is 7.12. The van der Waals surface area contributed by atoms with Crippen LogP contribution in [0.4, 0.5) is 0 Å². The van der Waals surface area contributed by atoms with Gasteiger partial charge >= 0.3 is 0 Å². The first-order valence-corrected chi connectivity index (χ1v) is 9.47. The van der Waals surface area contributed by atoms with Crippen LogP contribution in [0.15, 0.2) is 36.4 Å². The molecule has 0 radical (unpaired) electrons. The zero-order valence-electron chi connectivity index (χ0n) is 14.8. The van der Waals surface area contributed by atoms with Crippen molar-refractivity contribution < 1.29 is 14.2 Å². The lowest BCUT2D eigenvalue weighted by Crippen LogP contribution is -2.25. The molecule has 1 heterocycles. The Bertz CT molecular complexity index is 716. The molecule has 0 amide bonds. The van der Waals surface area contributed by atoms with Crippen molar-refractivity contribution in [2.75, 3.05) is 20.3 Å². The van der Waals surface area contributed by atoms with E-state index in [9.17, 15) is 0 Å². The van der Waals surface area contributed by atoms with E-state index < -0.39 is 0 Å². The lowest BCUT2D eigenvalue weighted by molar-refractivity contribution is 0.110. The lowest BCUT2D eigenvalue weighted by atomic mass is 10.2. The van der Waals surface area contributed by atoms with Crippen LogP contribution in [-0.4, -0.2) is 26.4 Å². The number of nitrogens with one attached hydrogen (secondary N) is 1. The van der Waals surface area contributed by atoms with Crippen LogP contribution in [0.1, 0.15) is 24.0 Å². The van der Waals surface area contributed by atoms with E-state index in [1.807, 2.05) is 30.3 Å². The molecule has 140 valence electrons. The Balaban J connectivity index is 1.61. The van der Waals surface area contributed by atoms with Gasteiger partial charge in [0.1, 0.15) is 6.61 Å². The van der Waals surface area contributed by atoms with Gasteiger partial charge in [-0.25, -0.2) is 0 Å². The summed E-state index contributed by atoms with van der Waals surface area (Å²) in [7, 11) is 1.63. The molecule has 0 aromatic heterocycles. The molecule has 1 aliphatic heterocycles. The molecule has 26 heavy (non-hydrogen) atoms. The summed E-state index contributed by atoms with van der Waals surface area (Å²) in [5.74, 6) is 1.28. The predicted octanol–water partition coefficient (Wildman–Crippen LogP) is 4.85. The summed E-state index contributed by atoms with van der Waals surface area (Å²) in [5.41, 5.74) is 2.00. The smallest absolute Gasteiger partial charge is 0.163 e. The summed E-state index contributed by atoms with van der Waals surface area (Å²) >= 11 is 12.3. The highest BCUT2D eigenvalue weighted by Gasteiger charge is 2.16. The molecule has 0 saturated carbocycles. The van der Waals surface area contributed by atoms with E-state index >= 15 is 0 Å². The van der Waals surface area contributed by atoms with E-state index in [4.69, 9.17) is 37.4 Å². The Hall–Kier alpha value is -1.46. The molecule has 1 saturated heterocycles. The maximum atomic E-state index is 6.43. The largest absolute Gasteiger partial charge is 0.493 e. The summed E-state index contributed by atoms with van der Waals surface area (Å²) in [6.45, 7) is 2.76. The molecular formula is C20H23Cl2NO3. The van der Waals surface area contributed by atoms with Gasteiger partial charge in [0.15, 0.2) is 11.5 Å². The summed E-state index contributed by atoms with van der Waals surface area (Å²) in [5, 5.41) is 4.75. The van der Waals surface area contributed by atoms with Crippen LogP contribution < -0.4 is 14.8 Å². The van der Waals surface area contributed by atoms with Gasteiger partial charge in [0.2, 0.25) is 0 Å². The first-order valence-electron chi connectivity index (χ1n) is 8.71. The topological polar surface area (TPSA) is 39.7 Å². The molecule has 1 atom stereocenters. The minimum absolute atomic E-state index is 0.303. The van der Waals surface area contributed by atoms with E-state index in [-0.39, 0.29) is 0 Å². The number of halogens is 2. The van der Waals surface area contributed by atoms with Crippen molar-refractivity contribution in [3.63, 3.8) is 0 Å². The Morgan fingerprint density at radius 2 is 1.96 bits per heavy atom. The van der Waals surface area contributed by atoms with Gasteiger partial charge in [-0.3, -0.25) is 0 Å². The van der Waals surface area contributed by atoms with Gasteiger partial charge in [0, 0.05) is 35.8 Å². The van der Waals surface area contributed by atoms with E-state index in [2.05, 4.69) is 5.32 Å². The van der Waals surface area contributed by atoms with Gasteiger partial charge < -0.3 is 19.5 Å². The maximum absolute atomic E-state index is 6.43. The monoisotopic (exact) mass is 395 g/mol. The van der Waals surface area contributed by atoms with Gasteiger partial charge in [0.05, 0.1) is 13.2 Å². The average Bonchev–Trinajstić information content (AvgIpc) is 3.16. The molecule has 3 rings (SSSR count). The Labute approximate surface area is 164 Å². The molecule has 1 unspecified atom stereocenters. The molecule has 0 bridgehead atoms. The van der Waals surface area contributed by atoms with Crippen LogP contribution in [0.2, 0.25) is 10.0 Å². The summed E-state index contributed by atoms with van der Waals surface area (Å²) in [6.07, 6.45) is 2.56. The molecule has 0 aliphatic carbocycles. The third kappa shape index (κ3) is 5.27. The molecule has 2 aromatic carbocycles. The maximum Gasteiger partial charge on any atom is 0.163 e. The minimum atomic E-state index is 0.303. The molecule has 0 spiro atoms. The van der Waals surface area contributed by atoms with Crippen molar-refractivity contribution in [2.24, 2.45) is 0 Å². The number of methoxy groups -OCH3 is 1. The Morgan fingerprint density at radius 1 is 1.15 bits per heavy atom. The normalized spacial score (nSPS) is 16.7. The van der Waals surface area contributed by atoms with Crippen molar-refractivity contribution >= 4 is 23.2 Å². The van der Waals surface area contributed by atoms with E-state index in [1.54, 1.807) is 13.2 Å². The molecule has 1 N–H and O–H groups in total. The van der Waals surface area contributed by atoms with Crippen LogP contribution in [0.25, 0.3) is 0 Å². The highest BCUT2D eigenvalue weighted by molar-refractivity contribution is 6.31. The summed E-state index contributed by atoms with van der Waals surface area (Å²) in [4.78, 5) is 0. The van der Waals surface area contributed by atoms with Gasteiger partial charge in [-0.1, -0.05) is 35.3 Å². The molecule has 2 aromatic rings. The van der Waals surface area contributed by atoms with Crippen LogP contribution >= 0.6 is 23.2 Å². The van der Waals surface area contributed by atoms with Gasteiger partial charge in [-0.15, -0.1) is 0 Å². The highest BCUT2D eigenvalue weighted by Crippen LogP contribution is 2.34. The predicted molar refractivity (Wildman–Crippen MR) is 104 cm³/mol. The van der Waals surface area contributed by atoms with Crippen LogP contribution in [0.5, 0.6) is 11.5 Å². The van der Waals surface area contributed by atoms with Crippen LogP contribution in [0.3, 0.4) is 0 Å². The molecular weight excluding hydrogens is 373 g/mol. The van der Waals surface area contributed by atoms with Crippen molar-refractivity contribution in [3.8, 4) is 11.5 Å². The average molecular weight is 396 g/mol. The van der Waals surface area contributed by atoms with Crippen molar-refractivity contribution in [1.29, 1.82) is 0 Å². The first kappa shape index (κ1) is 19.3. The Kier molecular flexibility index (Phi) is 7.03. The van der Waals surface area contributed by atoms with Crippen molar-refractivity contribution in [2.45, 2.75) is 32.1 Å². The standard InChI is InChI=1S/C20H23Cl2NO3/c1-24-19-9-15(11-23-12-17-3-2-8-25-17)18(22)10-20(19)26-13-14-4-6-16(21)7-5-14/h4-7,9-10,17,23H,2-3,8,11-13H2,1H3. The highest BCUT2D eigenvalue weighted by atomic mass is 35.5. The summed E-state index contributed by atoms with van der Waals surface area (Å²) in [6, 6.07) is 11.3. The van der Waals surface area contributed by atoms with Gasteiger partial charge in [-0.2, -0.15) is 0 Å². The van der Waals surface area contributed by atoms with E-state index in [0.29, 0.717) is 40.8 Å². The second-order valence-electron chi connectivity index (χ2n) is 6.28. The van der Waals surface area contributed by atoms with Crippen LogP contribution in [-0.2, 0) is 17.9 Å². The summed E-state index contributed by atoms with van der Waals surface area (Å²) < 4.78 is 17.0. The third-order valence-electron chi connectivity index (χ3n) is 4.35. The molecule has 1 fully saturated rings. The zero-order chi connectivity index (χ0) is 18.4. The number of ether oxygens (including phenoxy) is 3. The minimum Gasteiger partial charge on any atom is -0.493 e. The quantitative estimate of drug-likeness (QED) is 0.693. The Morgan fingerprint density at radius 3 is 2.65 bits per heavy atom.